The van der Waals surface area contributed by atoms with Gasteiger partial charge in [0.05, 0.1) is 11.6 Å². The van der Waals surface area contributed by atoms with Gasteiger partial charge in [-0.1, -0.05) is 11.8 Å². The highest BCUT2D eigenvalue weighted by Crippen LogP contribution is 2.28. The van der Waals surface area contributed by atoms with Crippen LogP contribution >= 0.6 is 11.8 Å². The van der Waals surface area contributed by atoms with Crippen molar-refractivity contribution in [3.8, 4) is 11.9 Å². The number of aromatic hydroxyl groups is 1. The molecule has 0 saturated carbocycles. The summed E-state index contributed by atoms with van der Waals surface area (Å²) in [6.07, 6.45) is 0. The molecule has 2 aromatic rings. The number of hydrogen-bond acceptors (Lipinski definition) is 6. The summed E-state index contributed by atoms with van der Waals surface area (Å²) in [4.78, 5) is 16.3. The molecule has 1 aromatic carbocycles. The number of rotatable bonds is 2. The van der Waals surface area contributed by atoms with Crippen molar-refractivity contribution in [2.75, 3.05) is 11.1 Å². The van der Waals surface area contributed by atoms with Crippen LogP contribution < -0.4 is 10.9 Å². The monoisotopic (exact) mass is 286 g/mol. The van der Waals surface area contributed by atoms with Gasteiger partial charge in [-0.25, -0.2) is 0 Å². The van der Waals surface area contributed by atoms with E-state index >= 15 is 0 Å². The van der Waals surface area contributed by atoms with Gasteiger partial charge in [-0.15, -0.1) is 0 Å². The smallest absolute Gasteiger partial charge is 0.281 e. The summed E-state index contributed by atoms with van der Waals surface area (Å²) >= 11 is 1.44. The number of nitrogens with one attached hydrogen (secondary N) is 1. The molecule has 7 heteroatoms. The third-order valence-electron chi connectivity index (χ3n) is 2.94. The molecular weight excluding hydrogens is 276 g/mol. The molecule has 0 atom stereocenters. The van der Waals surface area contributed by atoms with E-state index in [4.69, 9.17) is 5.26 Å². The summed E-state index contributed by atoms with van der Waals surface area (Å²) in [6.45, 7) is 0.591. The Morgan fingerprint density at radius 1 is 1.40 bits per heavy atom. The van der Waals surface area contributed by atoms with Crippen molar-refractivity contribution in [1.82, 2.24) is 9.55 Å². The van der Waals surface area contributed by atoms with E-state index in [-0.39, 0.29) is 17.1 Å². The van der Waals surface area contributed by atoms with Crippen molar-refractivity contribution in [2.45, 2.75) is 11.7 Å². The molecule has 0 unspecified atom stereocenters. The van der Waals surface area contributed by atoms with Gasteiger partial charge in [0, 0.05) is 18.0 Å². The number of nitriles is 1. The molecule has 3 rings (SSSR count). The molecule has 0 spiro atoms. The van der Waals surface area contributed by atoms with Crippen LogP contribution in [0.3, 0.4) is 0 Å². The van der Waals surface area contributed by atoms with Crippen LogP contribution in [0.2, 0.25) is 0 Å². The van der Waals surface area contributed by atoms with Crippen molar-refractivity contribution < 1.29 is 5.11 Å². The molecule has 20 heavy (non-hydrogen) atoms. The predicted octanol–water partition coefficient (Wildman–Crippen LogP) is 1.67. The Balaban J connectivity index is 1.99. The average molecular weight is 286 g/mol. The number of nitrogens with zero attached hydrogens (tertiary/aromatic N) is 3. The van der Waals surface area contributed by atoms with Gasteiger partial charge >= 0.3 is 0 Å². The first-order valence-electron chi connectivity index (χ1n) is 5.93. The van der Waals surface area contributed by atoms with E-state index in [1.165, 1.54) is 16.3 Å². The fourth-order valence-electron chi connectivity index (χ4n) is 1.94. The average Bonchev–Trinajstić information content (AvgIpc) is 2.92. The normalized spacial score (nSPS) is 12.8. The molecule has 1 aliphatic rings. The van der Waals surface area contributed by atoms with Crippen LogP contribution in [0, 0.1) is 11.3 Å². The van der Waals surface area contributed by atoms with Crippen LogP contribution in [-0.2, 0) is 6.54 Å². The summed E-state index contributed by atoms with van der Waals surface area (Å²) in [5.41, 5.74) is 0.909. The Kier molecular flexibility index (Phi) is 3.08. The molecule has 2 N–H and O–H groups in total. The minimum atomic E-state index is -0.306. The maximum Gasteiger partial charge on any atom is 0.281 e. The Hall–Kier alpha value is -2.46. The molecular formula is C13H10N4O2S. The Morgan fingerprint density at radius 2 is 2.15 bits per heavy atom. The van der Waals surface area contributed by atoms with Crippen molar-refractivity contribution in [3.63, 3.8) is 0 Å². The first-order chi connectivity index (χ1) is 9.69. The van der Waals surface area contributed by atoms with Gasteiger partial charge in [0.2, 0.25) is 5.88 Å². The standard InChI is InChI=1S/C13H10N4O2S/c14-7-8-1-3-9(4-2-8)15-10-11(18)16-13-17(12(10)19)5-6-20-13/h1-4,15,18H,5-6H2. The van der Waals surface area contributed by atoms with E-state index < -0.39 is 0 Å². The molecule has 2 heterocycles. The minimum absolute atomic E-state index is 0.0564. The number of benzene rings is 1. The van der Waals surface area contributed by atoms with Gasteiger partial charge in [-0.3, -0.25) is 9.36 Å². The molecule has 1 aromatic heterocycles. The molecule has 1 aliphatic heterocycles. The zero-order chi connectivity index (χ0) is 14.1. The third-order valence-corrected chi connectivity index (χ3v) is 3.90. The van der Waals surface area contributed by atoms with Gasteiger partial charge in [0.15, 0.2) is 10.8 Å². The van der Waals surface area contributed by atoms with Crippen molar-refractivity contribution in [2.24, 2.45) is 0 Å². The number of aromatic nitrogens is 2. The maximum absolute atomic E-state index is 12.2. The summed E-state index contributed by atoms with van der Waals surface area (Å²) in [5, 5.41) is 22.0. The van der Waals surface area contributed by atoms with Crippen molar-refractivity contribution >= 4 is 23.1 Å². The Labute approximate surface area is 118 Å². The lowest BCUT2D eigenvalue weighted by Gasteiger charge is -2.09. The lowest BCUT2D eigenvalue weighted by atomic mass is 10.2. The van der Waals surface area contributed by atoms with Crippen LogP contribution in [0.5, 0.6) is 5.88 Å². The lowest BCUT2D eigenvalue weighted by Crippen LogP contribution is -2.22. The van der Waals surface area contributed by atoms with Crippen LogP contribution in [-0.4, -0.2) is 20.4 Å². The van der Waals surface area contributed by atoms with Crippen molar-refractivity contribution in [1.29, 1.82) is 5.26 Å². The van der Waals surface area contributed by atoms with E-state index in [0.717, 1.165) is 5.75 Å². The highest BCUT2D eigenvalue weighted by Gasteiger charge is 2.20. The SMILES string of the molecule is N#Cc1ccc(Nc2c(O)nc3n(c2=O)CCS3)cc1. The Bertz CT molecular complexity index is 762. The molecule has 6 nitrogen and oxygen atoms in total. The summed E-state index contributed by atoms with van der Waals surface area (Å²) in [7, 11) is 0. The largest absolute Gasteiger partial charge is 0.492 e. The number of anilines is 2. The zero-order valence-electron chi connectivity index (χ0n) is 10.3. The van der Waals surface area contributed by atoms with Gasteiger partial charge < -0.3 is 10.4 Å². The zero-order valence-corrected chi connectivity index (χ0v) is 11.1. The molecule has 0 aliphatic carbocycles. The summed E-state index contributed by atoms with van der Waals surface area (Å²) in [6, 6.07) is 8.62. The van der Waals surface area contributed by atoms with Crippen LogP contribution in [0.25, 0.3) is 0 Å². The predicted molar refractivity (Wildman–Crippen MR) is 75.3 cm³/mol. The molecule has 0 bridgehead atoms. The fraction of sp³-hybridized carbons (Fsp3) is 0.154. The Morgan fingerprint density at radius 3 is 2.85 bits per heavy atom. The summed E-state index contributed by atoms with van der Waals surface area (Å²) in [5.74, 6) is 0.474. The molecule has 0 fully saturated rings. The van der Waals surface area contributed by atoms with E-state index in [1.807, 2.05) is 6.07 Å². The highest BCUT2D eigenvalue weighted by molar-refractivity contribution is 7.99. The second-order valence-corrected chi connectivity index (χ2v) is 5.27. The van der Waals surface area contributed by atoms with Crippen LogP contribution in [0.15, 0.2) is 34.2 Å². The first-order valence-corrected chi connectivity index (χ1v) is 6.91. The van der Waals surface area contributed by atoms with E-state index in [9.17, 15) is 9.90 Å². The van der Waals surface area contributed by atoms with Crippen LogP contribution in [0.4, 0.5) is 11.4 Å². The van der Waals surface area contributed by atoms with Crippen molar-refractivity contribution in [3.05, 3.63) is 40.2 Å². The second kappa shape index (κ2) is 4.90. The highest BCUT2D eigenvalue weighted by atomic mass is 32.2. The number of thioether (sulfide) groups is 1. The molecule has 0 amide bonds. The van der Waals surface area contributed by atoms with Crippen LogP contribution in [0.1, 0.15) is 5.56 Å². The van der Waals surface area contributed by atoms with Gasteiger partial charge in [0.1, 0.15) is 0 Å². The fourth-order valence-corrected chi connectivity index (χ4v) is 2.88. The number of fused-ring (bicyclic) bond motifs is 1. The topological polar surface area (TPSA) is 90.9 Å². The van der Waals surface area contributed by atoms with Gasteiger partial charge in [-0.05, 0) is 24.3 Å². The third kappa shape index (κ3) is 2.10. The lowest BCUT2D eigenvalue weighted by molar-refractivity contribution is 0.440. The van der Waals surface area contributed by atoms with Gasteiger partial charge in [-0.2, -0.15) is 10.2 Å². The van der Waals surface area contributed by atoms with E-state index in [2.05, 4.69) is 10.3 Å². The second-order valence-electron chi connectivity index (χ2n) is 4.21. The molecule has 100 valence electrons. The molecule has 0 saturated heterocycles. The maximum atomic E-state index is 12.2. The quantitative estimate of drug-likeness (QED) is 0.816. The van der Waals surface area contributed by atoms with E-state index in [0.29, 0.717) is 23.0 Å². The van der Waals surface area contributed by atoms with E-state index in [1.54, 1.807) is 24.3 Å². The molecule has 0 radical (unpaired) electrons. The number of hydrogen-bond donors (Lipinski definition) is 2. The van der Waals surface area contributed by atoms with Gasteiger partial charge in [0.25, 0.3) is 5.56 Å². The first kappa shape index (κ1) is 12.6. The summed E-state index contributed by atoms with van der Waals surface area (Å²) < 4.78 is 1.54. The minimum Gasteiger partial charge on any atom is -0.492 e.